The van der Waals surface area contributed by atoms with E-state index in [4.69, 9.17) is 5.73 Å². The Bertz CT molecular complexity index is 668. The highest BCUT2D eigenvalue weighted by atomic mass is 16.2. The Kier molecular flexibility index (Phi) is 6.67. The summed E-state index contributed by atoms with van der Waals surface area (Å²) in [5, 5.41) is 3.01. The van der Waals surface area contributed by atoms with Crippen molar-refractivity contribution in [3.8, 4) is 0 Å². The molecule has 3 rings (SSSR count). The number of carbonyl (C=O) groups is 2. The van der Waals surface area contributed by atoms with Crippen LogP contribution in [0.4, 0.5) is 0 Å². The second-order valence-corrected chi connectivity index (χ2v) is 7.97. The predicted octanol–water partition coefficient (Wildman–Crippen LogP) is 2.89. The summed E-state index contributed by atoms with van der Waals surface area (Å²) >= 11 is 0. The minimum Gasteiger partial charge on any atom is -0.349 e. The van der Waals surface area contributed by atoms with E-state index in [1.807, 2.05) is 23.1 Å². The van der Waals surface area contributed by atoms with Crippen LogP contribution in [0.5, 0.6) is 0 Å². The van der Waals surface area contributed by atoms with Gasteiger partial charge in [-0.15, -0.1) is 0 Å². The molecule has 1 aromatic carbocycles. The van der Waals surface area contributed by atoms with Gasteiger partial charge in [0.2, 0.25) is 11.8 Å². The van der Waals surface area contributed by atoms with Crippen molar-refractivity contribution in [2.45, 2.75) is 70.6 Å². The molecule has 146 valence electrons. The normalized spacial score (nSPS) is 19.7. The maximum absolute atomic E-state index is 12.6. The van der Waals surface area contributed by atoms with E-state index in [0.717, 1.165) is 6.42 Å². The third-order valence-corrected chi connectivity index (χ3v) is 5.68. The van der Waals surface area contributed by atoms with Crippen LogP contribution in [0, 0.1) is 5.92 Å². The molecule has 1 aliphatic carbocycles. The zero-order valence-corrected chi connectivity index (χ0v) is 16.2. The minimum atomic E-state index is -0.545. The van der Waals surface area contributed by atoms with Crippen LogP contribution < -0.4 is 11.1 Å². The number of benzene rings is 1. The van der Waals surface area contributed by atoms with Crippen molar-refractivity contribution in [1.29, 1.82) is 0 Å². The van der Waals surface area contributed by atoms with E-state index in [1.54, 1.807) is 13.0 Å². The van der Waals surface area contributed by atoms with Crippen molar-refractivity contribution in [3.63, 3.8) is 0 Å². The zero-order chi connectivity index (χ0) is 19.2. The Morgan fingerprint density at radius 3 is 2.41 bits per heavy atom. The van der Waals surface area contributed by atoms with Crippen molar-refractivity contribution < 1.29 is 9.59 Å². The van der Waals surface area contributed by atoms with Gasteiger partial charge in [0.25, 0.3) is 0 Å². The topological polar surface area (TPSA) is 75.4 Å². The highest BCUT2D eigenvalue weighted by Crippen LogP contribution is 2.28. The van der Waals surface area contributed by atoms with Crippen LogP contribution in [-0.2, 0) is 22.7 Å². The summed E-state index contributed by atoms with van der Waals surface area (Å²) in [7, 11) is 0. The maximum atomic E-state index is 12.6. The van der Waals surface area contributed by atoms with Gasteiger partial charge in [-0.2, -0.15) is 0 Å². The lowest BCUT2D eigenvalue weighted by Crippen LogP contribution is -2.44. The molecule has 3 N–H and O–H groups in total. The molecule has 1 aliphatic heterocycles. The molecule has 0 bridgehead atoms. The monoisotopic (exact) mass is 369 g/mol. The number of nitrogens with two attached hydrogens (primary N) is 1. The van der Waals surface area contributed by atoms with Gasteiger partial charge in [0, 0.05) is 25.2 Å². The van der Waals surface area contributed by atoms with Crippen LogP contribution in [0.2, 0.25) is 0 Å². The summed E-state index contributed by atoms with van der Waals surface area (Å²) in [6.07, 6.45) is 10.6. The highest BCUT2D eigenvalue weighted by molar-refractivity contribution is 5.88. The van der Waals surface area contributed by atoms with E-state index in [0.29, 0.717) is 19.0 Å². The number of hydrogen-bond acceptors (Lipinski definition) is 3. The molecule has 0 saturated heterocycles. The minimum absolute atomic E-state index is 0.00473. The molecule has 0 spiro atoms. The van der Waals surface area contributed by atoms with Crippen LogP contribution in [-0.4, -0.2) is 28.8 Å². The fourth-order valence-corrected chi connectivity index (χ4v) is 4.07. The van der Waals surface area contributed by atoms with Crippen molar-refractivity contribution >= 4 is 11.8 Å². The number of rotatable bonds is 6. The highest BCUT2D eigenvalue weighted by Gasteiger charge is 2.23. The largest absolute Gasteiger partial charge is 0.349 e. The third-order valence-electron chi connectivity index (χ3n) is 5.68. The van der Waals surface area contributed by atoms with Crippen molar-refractivity contribution in [2.24, 2.45) is 11.7 Å². The molecule has 1 fully saturated rings. The SMILES string of the molecule is C[C@H](N)C(=O)N[C@H](/C=C/C(=O)N1Cc2ccccc2C1)CC1CCCCC1. The van der Waals surface area contributed by atoms with Gasteiger partial charge in [-0.25, -0.2) is 0 Å². The molecule has 27 heavy (non-hydrogen) atoms. The van der Waals surface area contributed by atoms with Crippen molar-refractivity contribution in [2.75, 3.05) is 0 Å². The summed E-state index contributed by atoms with van der Waals surface area (Å²) in [6, 6.07) is 7.47. The molecule has 2 aliphatic rings. The quantitative estimate of drug-likeness (QED) is 0.757. The lowest BCUT2D eigenvalue weighted by molar-refractivity contribution is -0.126. The van der Waals surface area contributed by atoms with E-state index in [1.165, 1.54) is 43.2 Å². The first kappa shape index (κ1) is 19.6. The predicted molar refractivity (Wildman–Crippen MR) is 107 cm³/mol. The number of carbonyl (C=O) groups excluding carboxylic acids is 2. The second-order valence-electron chi connectivity index (χ2n) is 7.97. The summed E-state index contributed by atoms with van der Waals surface area (Å²) in [4.78, 5) is 26.6. The molecule has 1 heterocycles. The molecular formula is C22H31N3O2. The van der Waals surface area contributed by atoms with Crippen LogP contribution in [0.1, 0.15) is 56.6 Å². The molecule has 5 heteroatoms. The lowest BCUT2D eigenvalue weighted by atomic mass is 9.84. The zero-order valence-electron chi connectivity index (χ0n) is 16.2. The van der Waals surface area contributed by atoms with Crippen LogP contribution >= 0.6 is 0 Å². The van der Waals surface area contributed by atoms with Gasteiger partial charge in [0.1, 0.15) is 0 Å². The average molecular weight is 370 g/mol. The van der Waals surface area contributed by atoms with Gasteiger partial charge >= 0.3 is 0 Å². The smallest absolute Gasteiger partial charge is 0.246 e. The van der Waals surface area contributed by atoms with Gasteiger partial charge in [-0.1, -0.05) is 62.4 Å². The summed E-state index contributed by atoms with van der Waals surface area (Å²) < 4.78 is 0. The molecule has 0 unspecified atom stereocenters. The first-order chi connectivity index (χ1) is 13.0. The Labute approximate surface area is 162 Å². The first-order valence-corrected chi connectivity index (χ1v) is 10.1. The molecule has 0 aromatic heterocycles. The molecule has 2 atom stereocenters. The maximum Gasteiger partial charge on any atom is 0.246 e. The van der Waals surface area contributed by atoms with Crippen LogP contribution in [0.25, 0.3) is 0 Å². The second kappa shape index (κ2) is 9.18. The number of nitrogens with zero attached hydrogens (tertiary/aromatic N) is 1. The van der Waals surface area contributed by atoms with Gasteiger partial charge in [0.05, 0.1) is 6.04 Å². The number of hydrogen-bond donors (Lipinski definition) is 2. The molecule has 1 aromatic rings. The fraction of sp³-hybridized carbons (Fsp3) is 0.545. The van der Waals surface area contributed by atoms with Gasteiger partial charge in [-0.05, 0) is 30.4 Å². The fourth-order valence-electron chi connectivity index (χ4n) is 4.07. The van der Waals surface area contributed by atoms with E-state index < -0.39 is 6.04 Å². The summed E-state index contributed by atoms with van der Waals surface area (Å²) in [6.45, 7) is 2.99. The molecule has 0 radical (unpaired) electrons. The lowest BCUT2D eigenvalue weighted by Gasteiger charge is -2.26. The molecule has 5 nitrogen and oxygen atoms in total. The summed E-state index contributed by atoms with van der Waals surface area (Å²) in [5.41, 5.74) is 8.13. The Morgan fingerprint density at radius 1 is 1.19 bits per heavy atom. The van der Waals surface area contributed by atoms with Gasteiger partial charge < -0.3 is 16.0 Å². The van der Waals surface area contributed by atoms with Crippen molar-refractivity contribution in [3.05, 3.63) is 47.5 Å². The molecule has 2 amide bonds. The van der Waals surface area contributed by atoms with Crippen molar-refractivity contribution in [1.82, 2.24) is 10.2 Å². The Hall–Kier alpha value is -2.14. The van der Waals surface area contributed by atoms with E-state index >= 15 is 0 Å². The Morgan fingerprint density at radius 2 is 1.81 bits per heavy atom. The molecular weight excluding hydrogens is 338 g/mol. The third kappa shape index (κ3) is 5.42. The van der Waals surface area contributed by atoms with E-state index in [2.05, 4.69) is 17.4 Å². The van der Waals surface area contributed by atoms with Crippen LogP contribution in [0.3, 0.4) is 0 Å². The number of fused-ring (bicyclic) bond motifs is 1. The van der Waals surface area contributed by atoms with Crippen LogP contribution in [0.15, 0.2) is 36.4 Å². The van der Waals surface area contributed by atoms with E-state index in [9.17, 15) is 9.59 Å². The van der Waals surface area contributed by atoms with Gasteiger partial charge in [0.15, 0.2) is 0 Å². The van der Waals surface area contributed by atoms with E-state index in [-0.39, 0.29) is 17.9 Å². The summed E-state index contributed by atoms with van der Waals surface area (Å²) in [5.74, 6) is 0.435. The average Bonchev–Trinajstić information content (AvgIpc) is 3.11. The van der Waals surface area contributed by atoms with Gasteiger partial charge in [-0.3, -0.25) is 9.59 Å². The standard InChI is InChI=1S/C22H31N3O2/c1-16(23)22(27)24-20(13-17-7-3-2-4-8-17)11-12-21(26)25-14-18-9-5-6-10-19(18)15-25/h5-6,9-12,16-17,20H,2-4,7-8,13-15,23H2,1H3,(H,24,27)/b12-11+/t16-,20+/m0/s1. The Balaban J connectivity index is 1.61. The molecule has 1 saturated carbocycles. The first-order valence-electron chi connectivity index (χ1n) is 10.1. The number of nitrogens with one attached hydrogen (secondary N) is 1. The number of amides is 2.